The van der Waals surface area contributed by atoms with Crippen LogP contribution in [0.4, 0.5) is 23.0 Å². The highest BCUT2D eigenvalue weighted by atomic mass is 16.3. The van der Waals surface area contributed by atoms with E-state index in [2.05, 4.69) is 73.9 Å². The molecule has 3 N–H and O–H groups in total. The van der Waals surface area contributed by atoms with Crippen LogP contribution in [0.1, 0.15) is 120 Å². The van der Waals surface area contributed by atoms with Crippen LogP contribution in [0.3, 0.4) is 0 Å². The summed E-state index contributed by atoms with van der Waals surface area (Å²) < 4.78 is 3.69. The quantitative estimate of drug-likeness (QED) is 0.145. The van der Waals surface area contributed by atoms with Crippen molar-refractivity contribution in [1.82, 2.24) is 39.1 Å². The Labute approximate surface area is 431 Å². The third-order valence-corrected chi connectivity index (χ3v) is 17.5. The summed E-state index contributed by atoms with van der Waals surface area (Å²) in [4.78, 5) is 85.7. The van der Waals surface area contributed by atoms with Crippen LogP contribution in [0.15, 0.2) is 71.9 Å². The standard InChI is InChI=1S/C57H67N11O6/c1-34-29-64(41-8-6-40(7-9-41)63-18-16-36(31-63)35-5-11-44-38(23-35)32-68(54(44)72)47-12-14-51(70)61-53(47)71)19-20-65(34)42-10-13-50(59-28-42)60-46-24-39(30-62(4)55(46)73)43-15-17-58-52(45(43)33-69)67-22-21-66-48(56(67)74)25-37-26-57(2,3)27-49(37)66/h5,10-11,13,15,17,23-25,28,30,34,36,40-41,47,69H,6-9,12,14,16,18-22,26-27,29,31-33H2,1-4H3,(H,59,60)(H,61,70,71)/t34-,36+,40?,41?,47?/m0/s1. The van der Waals surface area contributed by atoms with Gasteiger partial charge in [-0.2, -0.15) is 0 Å². The first-order valence-electron chi connectivity index (χ1n) is 26.8. The smallest absolute Gasteiger partial charge is 0.276 e. The Kier molecular flexibility index (Phi) is 12.3. The fourth-order valence-electron chi connectivity index (χ4n) is 13.7. The number of aliphatic hydroxyl groups is 1. The van der Waals surface area contributed by atoms with Crippen molar-refractivity contribution in [3.63, 3.8) is 0 Å². The zero-order chi connectivity index (χ0) is 51.2. The van der Waals surface area contributed by atoms with Crippen molar-refractivity contribution in [2.75, 3.05) is 54.4 Å². The summed E-state index contributed by atoms with van der Waals surface area (Å²) in [5.74, 6) is 0.502. The summed E-state index contributed by atoms with van der Waals surface area (Å²) in [5.41, 5.74) is 9.36. The summed E-state index contributed by atoms with van der Waals surface area (Å²) in [7, 11) is 1.71. The number of aromatic nitrogens is 4. The minimum atomic E-state index is -0.597. The average molecular weight is 1000 g/mol. The number of fused-ring (bicyclic) bond motifs is 4. The third kappa shape index (κ3) is 8.69. The molecule has 1 saturated carbocycles. The van der Waals surface area contributed by atoms with Gasteiger partial charge in [-0.25, -0.2) is 9.97 Å². The Bertz CT molecular complexity index is 3140. The van der Waals surface area contributed by atoms with Gasteiger partial charge in [-0.3, -0.25) is 44.0 Å². The molecule has 7 aliphatic rings. The normalized spacial score (nSPS) is 25.1. The fraction of sp³-hybridized carbons (Fsp3) is 0.491. The SMILES string of the molecule is C[C@H]1CN(C2CCC(N3CC[C@@H](c4ccc5c(c4)CN(C4CCC(=O)NC4=O)C5=O)C3)CC2)CCN1c1ccc(Nc2cc(-c3ccnc(N4CCn5c(cc6c5CC(C)(C)C6)C4=O)c3CO)cn(C)c2=O)nc1. The number of nitrogens with zero attached hydrogens (tertiary/aromatic N) is 9. The molecule has 0 bridgehead atoms. The van der Waals surface area contributed by atoms with Crippen LogP contribution in [0.2, 0.25) is 0 Å². The Balaban J connectivity index is 0.644. The van der Waals surface area contributed by atoms with Crippen LogP contribution >= 0.6 is 0 Å². The first-order chi connectivity index (χ1) is 35.7. The number of hydrogen-bond donors (Lipinski definition) is 3. The van der Waals surface area contributed by atoms with E-state index in [0.717, 1.165) is 63.2 Å². The molecule has 4 fully saturated rings. The van der Waals surface area contributed by atoms with Gasteiger partial charge < -0.3 is 29.4 Å². The third-order valence-electron chi connectivity index (χ3n) is 17.5. The zero-order valence-electron chi connectivity index (χ0n) is 43.0. The van der Waals surface area contributed by atoms with Crippen molar-refractivity contribution in [2.24, 2.45) is 12.5 Å². The van der Waals surface area contributed by atoms with Gasteiger partial charge in [-0.1, -0.05) is 26.0 Å². The van der Waals surface area contributed by atoms with E-state index in [4.69, 9.17) is 4.98 Å². The summed E-state index contributed by atoms with van der Waals surface area (Å²) in [6.45, 7) is 13.0. The van der Waals surface area contributed by atoms with E-state index >= 15 is 0 Å². The zero-order valence-corrected chi connectivity index (χ0v) is 43.0. The molecule has 74 heavy (non-hydrogen) atoms. The van der Waals surface area contributed by atoms with E-state index in [0.29, 0.717) is 95.4 Å². The van der Waals surface area contributed by atoms with Gasteiger partial charge in [0, 0.05) is 112 Å². The molecule has 0 spiro atoms. The number of carbonyl (C=O) groups is 4. The molecule has 5 aliphatic heterocycles. The number of piperazine rings is 1. The largest absolute Gasteiger partial charge is 0.392 e. The average Bonchev–Trinajstić information content (AvgIpc) is 4.17. The number of anilines is 4. The number of likely N-dealkylation sites (tertiary alicyclic amines) is 1. The van der Waals surface area contributed by atoms with Gasteiger partial charge in [0.2, 0.25) is 11.8 Å². The summed E-state index contributed by atoms with van der Waals surface area (Å²) in [6.07, 6.45) is 13.7. The van der Waals surface area contributed by atoms with E-state index in [1.165, 1.54) is 47.1 Å². The molecule has 4 aromatic heterocycles. The van der Waals surface area contributed by atoms with Gasteiger partial charge in [-0.15, -0.1) is 0 Å². The van der Waals surface area contributed by atoms with Crippen molar-refractivity contribution in [3.05, 3.63) is 117 Å². The van der Waals surface area contributed by atoms with Crippen molar-refractivity contribution in [1.29, 1.82) is 0 Å². The Morgan fingerprint density at radius 3 is 2.32 bits per heavy atom. The van der Waals surface area contributed by atoms with Crippen LogP contribution in [0.25, 0.3) is 11.1 Å². The maximum absolute atomic E-state index is 14.0. The van der Waals surface area contributed by atoms with Crippen LogP contribution in [-0.4, -0.2) is 126 Å². The summed E-state index contributed by atoms with van der Waals surface area (Å²) >= 11 is 0. The molecule has 9 heterocycles. The van der Waals surface area contributed by atoms with Gasteiger partial charge in [0.25, 0.3) is 17.4 Å². The van der Waals surface area contributed by atoms with Crippen LogP contribution in [0.5, 0.6) is 0 Å². The lowest BCUT2D eigenvalue weighted by Crippen LogP contribution is -2.56. The Morgan fingerprint density at radius 1 is 0.784 bits per heavy atom. The van der Waals surface area contributed by atoms with Gasteiger partial charge in [0.15, 0.2) is 0 Å². The summed E-state index contributed by atoms with van der Waals surface area (Å²) in [5, 5.41) is 16.5. The second-order valence-electron chi connectivity index (χ2n) is 22.8. The molecule has 0 radical (unpaired) electrons. The van der Waals surface area contributed by atoms with E-state index < -0.39 is 6.04 Å². The van der Waals surface area contributed by atoms with E-state index in [1.54, 1.807) is 35.3 Å². The second-order valence-corrected chi connectivity index (χ2v) is 22.8. The van der Waals surface area contributed by atoms with Crippen LogP contribution < -0.4 is 26.0 Å². The molecular weight excluding hydrogens is 935 g/mol. The highest BCUT2D eigenvalue weighted by Gasteiger charge is 2.42. The molecule has 386 valence electrons. The molecule has 1 unspecified atom stereocenters. The first kappa shape index (κ1) is 48.3. The topological polar surface area (TPSA) is 181 Å². The number of nitrogens with one attached hydrogen (secondary N) is 2. The molecule has 1 aromatic carbocycles. The minimum absolute atomic E-state index is 0.121. The number of pyridine rings is 3. The highest BCUT2D eigenvalue weighted by molar-refractivity contribution is 6.07. The number of rotatable bonds is 10. The predicted molar refractivity (Wildman–Crippen MR) is 281 cm³/mol. The summed E-state index contributed by atoms with van der Waals surface area (Å²) in [6, 6.07) is 16.7. The molecule has 17 heteroatoms. The lowest BCUT2D eigenvalue weighted by atomic mass is 9.88. The lowest BCUT2D eigenvalue weighted by molar-refractivity contribution is -0.136. The number of carbonyl (C=O) groups excluding carboxylic acids is 4. The minimum Gasteiger partial charge on any atom is -0.392 e. The Morgan fingerprint density at radius 2 is 1.58 bits per heavy atom. The van der Waals surface area contributed by atoms with E-state index in [-0.39, 0.29) is 47.6 Å². The van der Waals surface area contributed by atoms with Gasteiger partial charge in [0.05, 0.1) is 18.5 Å². The van der Waals surface area contributed by atoms with Crippen molar-refractivity contribution < 1.29 is 24.3 Å². The van der Waals surface area contributed by atoms with Crippen LogP contribution in [-0.2, 0) is 49.2 Å². The van der Waals surface area contributed by atoms with Crippen molar-refractivity contribution in [3.8, 4) is 11.1 Å². The van der Waals surface area contributed by atoms with Crippen molar-refractivity contribution in [2.45, 2.75) is 128 Å². The molecule has 12 rings (SSSR count). The number of amides is 4. The van der Waals surface area contributed by atoms with Crippen LogP contribution in [0, 0.1) is 5.41 Å². The van der Waals surface area contributed by atoms with E-state index in [9.17, 15) is 29.1 Å². The van der Waals surface area contributed by atoms with Gasteiger partial charge >= 0.3 is 0 Å². The molecular formula is C57H67N11O6. The molecule has 3 saturated heterocycles. The maximum Gasteiger partial charge on any atom is 0.276 e. The number of aryl methyl sites for hydroxylation is 1. The number of benzene rings is 1. The molecule has 3 atom stereocenters. The number of piperidine rings is 1. The highest BCUT2D eigenvalue weighted by Crippen LogP contribution is 2.41. The van der Waals surface area contributed by atoms with Crippen molar-refractivity contribution >= 4 is 46.6 Å². The number of hydrogen-bond acceptors (Lipinski definition) is 12. The Hall–Kier alpha value is -6.69. The number of imide groups is 1. The van der Waals surface area contributed by atoms with Gasteiger partial charge in [-0.05, 0) is 135 Å². The van der Waals surface area contributed by atoms with Gasteiger partial charge in [0.1, 0.15) is 29.1 Å². The monoisotopic (exact) mass is 1000 g/mol. The fourth-order valence-corrected chi connectivity index (χ4v) is 13.7. The molecule has 5 aromatic rings. The number of aliphatic hydroxyl groups excluding tert-OH is 1. The second kappa shape index (κ2) is 18.9. The van der Waals surface area contributed by atoms with E-state index in [1.807, 2.05) is 30.5 Å². The molecule has 17 nitrogen and oxygen atoms in total. The first-order valence-corrected chi connectivity index (χ1v) is 26.8. The predicted octanol–water partition coefficient (Wildman–Crippen LogP) is 5.74. The maximum atomic E-state index is 14.0. The lowest BCUT2D eigenvalue weighted by Gasteiger charge is -2.46. The molecule has 4 amide bonds. The molecule has 2 aliphatic carbocycles.